The molecular formula is C23H19ClN2. The van der Waals surface area contributed by atoms with Gasteiger partial charge in [0, 0.05) is 6.20 Å². The summed E-state index contributed by atoms with van der Waals surface area (Å²) in [5.41, 5.74) is 3.76. The number of benzene rings is 3. The molecule has 0 saturated heterocycles. The van der Waals surface area contributed by atoms with E-state index >= 15 is 0 Å². The molecule has 0 unspecified atom stereocenters. The van der Waals surface area contributed by atoms with Gasteiger partial charge < -0.3 is 0 Å². The van der Waals surface area contributed by atoms with Gasteiger partial charge in [-0.15, -0.1) is 11.6 Å². The van der Waals surface area contributed by atoms with Crippen molar-refractivity contribution in [3.8, 4) is 0 Å². The lowest BCUT2D eigenvalue weighted by Crippen LogP contribution is -2.38. The Kier molecular flexibility index (Phi) is 4.59. The summed E-state index contributed by atoms with van der Waals surface area (Å²) >= 11 is 6.05. The van der Waals surface area contributed by atoms with E-state index in [9.17, 15) is 0 Å². The van der Waals surface area contributed by atoms with Gasteiger partial charge in [0.05, 0.1) is 11.6 Å². The van der Waals surface area contributed by atoms with Gasteiger partial charge in [-0.3, -0.25) is 4.68 Å². The van der Waals surface area contributed by atoms with Gasteiger partial charge >= 0.3 is 0 Å². The molecular weight excluding hydrogens is 340 g/mol. The van der Waals surface area contributed by atoms with Crippen molar-refractivity contribution in [3.63, 3.8) is 0 Å². The normalized spacial score (nSPS) is 11.4. The molecule has 4 rings (SSSR count). The van der Waals surface area contributed by atoms with Crippen LogP contribution in [0.15, 0.2) is 103 Å². The number of rotatable bonds is 5. The van der Waals surface area contributed by atoms with Gasteiger partial charge in [0.2, 0.25) is 0 Å². The van der Waals surface area contributed by atoms with Crippen LogP contribution in [0.4, 0.5) is 0 Å². The second-order valence-electron chi connectivity index (χ2n) is 6.19. The van der Waals surface area contributed by atoms with E-state index < -0.39 is 5.54 Å². The molecule has 0 radical (unpaired) electrons. The second-order valence-corrected chi connectivity index (χ2v) is 6.46. The summed E-state index contributed by atoms with van der Waals surface area (Å²) in [6, 6.07) is 33.5. The van der Waals surface area contributed by atoms with Gasteiger partial charge in [-0.05, 0) is 22.8 Å². The molecule has 4 aromatic rings. The molecule has 2 nitrogen and oxygen atoms in total. The Labute approximate surface area is 158 Å². The van der Waals surface area contributed by atoms with Crippen LogP contribution < -0.4 is 0 Å². The maximum atomic E-state index is 6.05. The molecule has 0 aliphatic carbocycles. The fraction of sp³-hybridized carbons (Fsp3) is 0.0870. The SMILES string of the molecule is ClCc1ccn(C(c2ccccc2)(c2ccccc2)c2ccccc2)n1. The standard InChI is InChI=1S/C23H19ClN2/c24-18-22-16-17-26(25-22)23(19-10-4-1-5-11-19,20-12-6-2-7-13-20)21-14-8-3-9-15-21/h1-17H,18H2. The van der Waals surface area contributed by atoms with Crippen LogP contribution >= 0.6 is 11.6 Å². The molecule has 0 amide bonds. The van der Waals surface area contributed by atoms with E-state index in [-0.39, 0.29) is 0 Å². The number of aromatic nitrogens is 2. The van der Waals surface area contributed by atoms with Gasteiger partial charge in [0.25, 0.3) is 0 Å². The third-order valence-electron chi connectivity index (χ3n) is 4.70. The topological polar surface area (TPSA) is 17.8 Å². The molecule has 0 fully saturated rings. The summed E-state index contributed by atoms with van der Waals surface area (Å²) in [4.78, 5) is 0. The quantitative estimate of drug-likeness (QED) is 0.342. The van der Waals surface area contributed by atoms with Gasteiger partial charge in [0.15, 0.2) is 0 Å². The van der Waals surface area contributed by atoms with Crippen molar-refractivity contribution in [2.24, 2.45) is 0 Å². The third kappa shape index (κ3) is 2.73. The molecule has 3 heteroatoms. The monoisotopic (exact) mass is 358 g/mol. The van der Waals surface area contributed by atoms with Crippen LogP contribution in [0.5, 0.6) is 0 Å². The van der Waals surface area contributed by atoms with E-state index in [2.05, 4.69) is 72.8 Å². The minimum atomic E-state index is -0.561. The van der Waals surface area contributed by atoms with E-state index in [0.29, 0.717) is 5.88 Å². The first-order valence-corrected chi connectivity index (χ1v) is 9.16. The molecule has 1 heterocycles. The van der Waals surface area contributed by atoms with Crippen molar-refractivity contribution >= 4 is 11.6 Å². The molecule has 0 aliphatic heterocycles. The van der Waals surface area contributed by atoms with Crippen LogP contribution in [0.25, 0.3) is 0 Å². The highest BCUT2D eigenvalue weighted by molar-refractivity contribution is 6.16. The van der Waals surface area contributed by atoms with E-state index in [0.717, 1.165) is 22.4 Å². The predicted octanol–water partition coefficient (Wildman–Crippen LogP) is 5.46. The van der Waals surface area contributed by atoms with Gasteiger partial charge in [-0.25, -0.2) is 0 Å². The lowest BCUT2D eigenvalue weighted by molar-refractivity contribution is 0.457. The zero-order valence-corrected chi connectivity index (χ0v) is 15.1. The molecule has 0 spiro atoms. The summed E-state index contributed by atoms with van der Waals surface area (Å²) in [6.45, 7) is 0. The Morgan fingerprint density at radius 3 is 1.42 bits per heavy atom. The smallest absolute Gasteiger partial charge is 0.137 e. The zero-order chi connectivity index (χ0) is 17.8. The molecule has 0 atom stereocenters. The van der Waals surface area contributed by atoms with Gasteiger partial charge in [0.1, 0.15) is 5.54 Å². The highest BCUT2D eigenvalue weighted by Gasteiger charge is 2.39. The van der Waals surface area contributed by atoms with Crippen molar-refractivity contribution in [1.82, 2.24) is 9.78 Å². The molecule has 26 heavy (non-hydrogen) atoms. The van der Waals surface area contributed by atoms with E-state index in [1.165, 1.54) is 0 Å². The first-order chi connectivity index (χ1) is 12.9. The lowest BCUT2D eigenvalue weighted by Gasteiger charge is -2.36. The summed E-state index contributed by atoms with van der Waals surface area (Å²) in [6.07, 6.45) is 2.02. The summed E-state index contributed by atoms with van der Waals surface area (Å²) in [5, 5.41) is 4.82. The van der Waals surface area contributed by atoms with Crippen molar-refractivity contribution in [2.45, 2.75) is 11.4 Å². The Morgan fingerprint density at radius 2 is 1.08 bits per heavy atom. The molecule has 0 bridgehead atoms. The fourth-order valence-corrected chi connectivity index (χ4v) is 3.70. The molecule has 128 valence electrons. The van der Waals surface area contributed by atoms with E-state index in [1.807, 2.05) is 35.1 Å². The Morgan fingerprint density at radius 1 is 0.654 bits per heavy atom. The van der Waals surface area contributed by atoms with Crippen LogP contribution in [0.1, 0.15) is 22.4 Å². The highest BCUT2D eigenvalue weighted by atomic mass is 35.5. The zero-order valence-electron chi connectivity index (χ0n) is 14.3. The maximum absolute atomic E-state index is 6.05. The Hall–Kier alpha value is -2.84. The van der Waals surface area contributed by atoms with Crippen LogP contribution in [0.3, 0.4) is 0 Å². The minimum Gasteiger partial charge on any atom is -0.253 e. The minimum absolute atomic E-state index is 0.390. The van der Waals surface area contributed by atoms with Crippen LogP contribution in [0, 0.1) is 0 Å². The van der Waals surface area contributed by atoms with Crippen molar-refractivity contribution in [1.29, 1.82) is 0 Å². The molecule has 0 aliphatic rings. The number of hydrogen-bond donors (Lipinski definition) is 0. The average molecular weight is 359 g/mol. The molecule has 3 aromatic carbocycles. The Bertz CT molecular complexity index is 866. The number of alkyl halides is 1. The van der Waals surface area contributed by atoms with Crippen LogP contribution in [-0.2, 0) is 11.4 Å². The number of hydrogen-bond acceptors (Lipinski definition) is 1. The van der Waals surface area contributed by atoms with Gasteiger partial charge in [-0.2, -0.15) is 5.10 Å². The summed E-state index contributed by atoms with van der Waals surface area (Å²) in [5.74, 6) is 0.390. The van der Waals surface area contributed by atoms with E-state index in [4.69, 9.17) is 16.7 Å². The van der Waals surface area contributed by atoms with Crippen LogP contribution in [0.2, 0.25) is 0 Å². The van der Waals surface area contributed by atoms with Crippen molar-refractivity contribution in [2.75, 3.05) is 0 Å². The maximum Gasteiger partial charge on any atom is 0.137 e. The predicted molar refractivity (Wildman–Crippen MR) is 106 cm³/mol. The fourth-order valence-electron chi connectivity index (χ4n) is 3.55. The molecule has 0 N–H and O–H groups in total. The third-order valence-corrected chi connectivity index (χ3v) is 4.97. The highest BCUT2D eigenvalue weighted by Crippen LogP contribution is 2.40. The van der Waals surface area contributed by atoms with Crippen molar-refractivity contribution in [3.05, 3.63) is 126 Å². The van der Waals surface area contributed by atoms with Gasteiger partial charge in [-0.1, -0.05) is 91.0 Å². The Balaban J connectivity index is 2.10. The second kappa shape index (κ2) is 7.19. The first-order valence-electron chi connectivity index (χ1n) is 8.63. The number of nitrogens with zero attached hydrogens (tertiary/aromatic N) is 2. The molecule has 0 saturated carbocycles. The molecule has 1 aromatic heterocycles. The summed E-state index contributed by atoms with van der Waals surface area (Å²) < 4.78 is 2.03. The summed E-state index contributed by atoms with van der Waals surface area (Å²) in [7, 11) is 0. The van der Waals surface area contributed by atoms with Crippen molar-refractivity contribution < 1.29 is 0 Å². The lowest BCUT2D eigenvalue weighted by atomic mass is 9.77. The first kappa shape index (κ1) is 16.6. The largest absolute Gasteiger partial charge is 0.253 e. The van der Waals surface area contributed by atoms with Crippen LogP contribution in [-0.4, -0.2) is 9.78 Å². The average Bonchev–Trinajstić information content (AvgIpc) is 3.21. The van der Waals surface area contributed by atoms with E-state index in [1.54, 1.807) is 0 Å². The number of halogens is 1.